The molecule has 274 valence electrons. The molecule has 0 spiro atoms. The van der Waals surface area contributed by atoms with E-state index in [1.165, 1.54) is 0 Å². The lowest BCUT2D eigenvalue weighted by molar-refractivity contribution is 0.668. The van der Waals surface area contributed by atoms with E-state index in [2.05, 4.69) is 115 Å². The lowest BCUT2D eigenvalue weighted by atomic mass is 9.92. The van der Waals surface area contributed by atoms with Crippen molar-refractivity contribution in [2.24, 2.45) is 0 Å². The number of aromatic nitrogens is 3. The van der Waals surface area contributed by atoms with Crippen LogP contribution in [0.4, 0.5) is 0 Å². The Bertz CT molecular complexity index is 3870. The van der Waals surface area contributed by atoms with Gasteiger partial charge < -0.3 is 13.3 Å². The van der Waals surface area contributed by atoms with Crippen molar-refractivity contribution in [2.75, 3.05) is 0 Å². The van der Waals surface area contributed by atoms with Gasteiger partial charge in [-0.1, -0.05) is 127 Å². The molecule has 0 bridgehead atoms. The van der Waals surface area contributed by atoms with E-state index in [-0.39, 0.29) is 0 Å². The molecule has 0 aliphatic carbocycles. The van der Waals surface area contributed by atoms with Crippen molar-refractivity contribution in [3.05, 3.63) is 176 Å². The normalized spacial score (nSPS) is 12.1. The van der Waals surface area contributed by atoms with Gasteiger partial charge in [0, 0.05) is 49.0 Å². The summed E-state index contributed by atoms with van der Waals surface area (Å²) in [5.74, 6) is 1.74. The van der Waals surface area contributed by atoms with E-state index >= 15 is 0 Å². The summed E-state index contributed by atoms with van der Waals surface area (Å²) in [4.78, 5) is 15.9. The second-order valence-electron chi connectivity index (χ2n) is 15.0. The molecular formula is C53H29N3O3. The van der Waals surface area contributed by atoms with Gasteiger partial charge >= 0.3 is 0 Å². The van der Waals surface area contributed by atoms with Gasteiger partial charge in [0.15, 0.2) is 17.5 Å². The first-order valence-corrected chi connectivity index (χ1v) is 19.7. The molecule has 0 radical (unpaired) electrons. The van der Waals surface area contributed by atoms with Gasteiger partial charge in [-0.2, -0.15) is 0 Å². The number of furan rings is 3. The third kappa shape index (κ3) is 4.77. The minimum atomic E-state index is 0.571. The first-order valence-electron chi connectivity index (χ1n) is 19.7. The minimum Gasteiger partial charge on any atom is -0.456 e. The second kappa shape index (κ2) is 12.2. The lowest BCUT2D eigenvalue weighted by Gasteiger charge is -2.14. The van der Waals surface area contributed by atoms with Gasteiger partial charge in [0.25, 0.3) is 0 Å². The summed E-state index contributed by atoms with van der Waals surface area (Å²) in [6, 6.07) is 60.4. The van der Waals surface area contributed by atoms with Crippen molar-refractivity contribution in [3.63, 3.8) is 0 Å². The number of benzene rings is 9. The van der Waals surface area contributed by atoms with Gasteiger partial charge in [-0.3, -0.25) is 0 Å². The van der Waals surface area contributed by atoms with Crippen LogP contribution in [0.15, 0.2) is 189 Å². The number of fused-ring (bicyclic) bond motifs is 12. The summed E-state index contributed by atoms with van der Waals surface area (Å²) in [5.41, 5.74) is 9.98. The van der Waals surface area contributed by atoms with Crippen LogP contribution in [0.1, 0.15) is 0 Å². The summed E-state index contributed by atoms with van der Waals surface area (Å²) in [7, 11) is 0. The van der Waals surface area contributed by atoms with Gasteiger partial charge in [-0.25, -0.2) is 15.0 Å². The zero-order valence-corrected chi connectivity index (χ0v) is 31.3. The van der Waals surface area contributed by atoms with E-state index < -0.39 is 0 Å². The standard InChI is InChI=1S/C53H29N3O3/c1-2-12-34-33(11-1)35(36-16-9-21-45-49(36)39-14-4-7-19-43(39)57-45)26-27-37(34)52-54-51(55-53(56-52)41-17-10-22-46-50(41)40-15-5-8-20-44(40)58-46)31-23-25-32-30(29-31)24-28-47-48(32)38-13-3-6-18-42(38)59-47/h1-29H. The predicted octanol–water partition coefficient (Wildman–Crippen LogP) is 14.5. The Labute approximate surface area is 335 Å². The molecule has 13 rings (SSSR count). The van der Waals surface area contributed by atoms with Gasteiger partial charge in [0.2, 0.25) is 0 Å². The maximum absolute atomic E-state index is 6.33. The quantitative estimate of drug-likeness (QED) is 0.178. The largest absolute Gasteiger partial charge is 0.456 e. The van der Waals surface area contributed by atoms with E-state index in [1.807, 2.05) is 60.7 Å². The van der Waals surface area contributed by atoms with Crippen molar-refractivity contribution in [1.82, 2.24) is 15.0 Å². The average molecular weight is 756 g/mol. The molecule has 13 aromatic rings. The second-order valence-corrected chi connectivity index (χ2v) is 15.0. The van der Waals surface area contributed by atoms with Crippen molar-refractivity contribution in [3.8, 4) is 45.3 Å². The van der Waals surface area contributed by atoms with Crippen molar-refractivity contribution in [2.45, 2.75) is 0 Å². The third-order valence-electron chi connectivity index (χ3n) is 11.8. The Balaban J connectivity index is 1.06. The summed E-state index contributed by atoms with van der Waals surface area (Å²) < 4.78 is 18.9. The van der Waals surface area contributed by atoms with Crippen LogP contribution in [0.5, 0.6) is 0 Å². The SMILES string of the molecule is c1ccc2c(c1)oc1cccc(-c3nc(-c4ccc5c(ccc6oc7ccccc7c65)c4)nc(-c4ccc(-c5cccc6oc7ccccc7c56)c5ccccc45)n3)c12. The number of hydrogen-bond acceptors (Lipinski definition) is 6. The molecule has 0 saturated carbocycles. The fourth-order valence-corrected chi connectivity index (χ4v) is 9.13. The molecule has 9 aromatic carbocycles. The first kappa shape index (κ1) is 32.0. The molecule has 0 aliphatic heterocycles. The van der Waals surface area contributed by atoms with Gasteiger partial charge in [-0.05, 0) is 81.2 Å². The fraction of sp³-hybridized carbons (Fsp3) is 0. The molecule has 0 N–H and O–H groups in total. The minimum absolute atomic E-state index is 0.571. The Morgan fingerprint density at radius 2 is 0.746 bits per heavy atom. The molecule has 4 aromatic heterocycles. The van der Waals surface area contributed by atoms with Crippen LogP contribution in [0.25, 0.3) is 133 Å². The van der Waals surface area contributed by atoms with Crippen LogP contribution in [-0.2, 0) is 0 Å². The van der Waals surface area contributed by atoms with Crippen LogP contribution >= 0.6 is 0 Å². The van der Waals surface area contributed by atoms with E-state index in [4.69, 9.17) is 28.2 Å². The third-order valence-corrected chi connectivity index (χ3v) is 11.8. The summed E-state index contributed by atoms with van der Waals surface area (Å²) >= 11 is 0. The van der Waals surface area contributed by atoms with Crippen LogP contribution < -0.4 is 0 Å². The van der Waals surface area contributed by atoms with Gasteiger partial charge in [0.05, 0.1) is 0 Å². The summed E-state index contributed by atoms with van der Waals surface area (Å²) in [5, 5.41) is 10.7. The molecule has 6 nitrogen and oxygen atoms in total. The molecule has 0 fully saturated rings. The smallest absolute Gasteiger partial charge is 0.164 e. The molecule has 0 unspecified atom stereocenters. The Morgan fingerprint density at radius 3 is 1.41 bits per heavy atom. The molecule has 0 atom stereocenters. The number of para-hydroxylation sites is 3. The highest BCUT2D eigenvalue weighted by Crippen LogP contribution is 2.43. The maximum atomic E-state index is 6.33. The van der Waals surface area contributed by atoms with Gasteiger partial charge in [-0.15, -0.1) is 0 Å². The van der Waals surface area contributed by atoms with E-state index in [0.29, 0.717) is 17.5 Å². The topological polar surface area (TPSA) is 78.1 Å². The van der Waals surface area contributed by atoms with Crippen LogP contribution in [0.2, 0.25) is 0 Å². The number of nitrogens with zero attached hydrogens (tertiary/aromatic N) is 3. The fourth-order valence-electron chi connectivity index (χ4n) is 9.13. The van der Waals surface area contributed by atoms with Crippen LogP contribution in [-0.4, -0.2) is 15.0 Å². The molecule has 4 heterocycles. The Hall–Kier alpha value is -8.09. The predicted molar refractivity (Wildman–Crippen MR) is 238 cm³/mol. The zero-order chi connectivity index (χ0) is 38.6. The van der Waals surface area contributed by atoms with E-state index in [0.717, 1.165) is 115 Å². The zero-order valence-electron chi connectivity index (χ0n) is 31.3. The molecular weight excluding hydrogens is 727 g/mol. The summed E-state index contributed by atoms with van der Waals surface area (Å²) in [6.45, 7) is 0. The van der Waals surface area contributed by atoms with E-state index in [1.54, 1.807) is 0 Å². The van der Waals surface area contributed by atoms with Crippen LogP contribution in [0, 0.1) is 0 Å². The summed E-state index contributed by atoms with van der Waals surface area (Å²) in [6.07, 6.45) is 0. The molecule has 6 heteroatoms. The van der Waals surface area contributed by atoms with Crippen LogP contribution in [0.3, 0.4) is 0 Å². The first-order chi connectivity index (χ1) is 29.2. The van der Waals surface area contributed by atoms with Crippen molar-refractivity contribution < 1.29 is 13.3 Å². The Morgan fingerprint density at radius 1 is 0.271 bits per heavy atom. The van der Waals surface area contributed by atoms with Gasteiger partial charge in [0.1, 0.15) is 33.5 Å². The Kier molecular flexibility index (Phi) is 6.63. The molecule has 0 aliphatic rings. The highest BCUT2D eigenvalue weighted by atomic mass is 16.3. The van der Waals surface area contributed by atoms with Crippen molar-refractivity contribution >= 4 is 87.4 Å². The highest BCUT2D eigenvalue weighted by molar-refractivity contribution is 6.20. The number of rotatable bonds is 4. The van der Waals surface area contributed by atoms with Crippen molar-refractivity contribution in [1.29, 1.82) is 0 Å². The average Bonchev–Trinajstić information content (AvgIpc) is 4.00. The lowest BCUT2D eigenvalue weighted by Crippen LogP contribution is -2.01. The molecule has 59 heavy (non-hydrogen) atoms. The number of hydrogen-bond donors (Lipinski definition) is 0. The highest BCUT2D eigenvalue weighted by Gasteiger charge is 2.21. The maximum Gasteiger partial charge on any atom is 0.164 e. The molecule has 0 amide bonds. The van der Waals surface area contributed by atoms with E-state index in [9.17, 15) is 0 Å². The molecule has 0 saturated heterocycles. The monoisotopic (exact) mass is 755 g/mol.